The van der Waals surface area contributed by atoms with E-state index in [1.165, 1.54) is 0 Å². The Morgan fingerprint density at radius 3 is 3.07 bits per heavy atom. The summed E-state index contributed by atoms with van der Waals surface area (Å²) in [4.78, 5) is 4.14. The third kappa shape index (κ3) is 5.64. The van der Waals surface area contributed by atoms with Crippen molar-refractivity contribution in [1.29, 1.82) is 0 Å². The summed E-state index contributed by atoms with van der Waals surface area (Å²) in [6, 6.07) is 4.02. The minimum absolute atomic E-state index is 0.296. The molecule has 0 aliphatic heterocycles. The van der Waals surface area contributed by atoms with Crippen molar-refractivity contribution in [2.75, 3.05) is 30.0 Å². The van der Waals surface area contributed by atoms with Crippen LogP contribution in [-0.4, -0.2) is 34.7 Å². The van der Waals surface area contributed by atoms with Crippen LogP contribution in [0.25, 0.3) is 0 Å². The van der Waals surface area contributed by atoms with Crippen LogP contribution < -0.4 is 5.32 Å². The van der Waals surface area contributed by atoms with E-state index in [0.717, 1.165) is 35.9 Å². The van der Waals surface area contributed by atoms with E-state index < -0.39 is 0 Å². The number of hydrogen-bond acceptors (Lipinski definition) is 4. The average Bonchev–Trinajstić information content (AvgIpc) is 2.23. The zero-order valence-corrected chi connectivity index (χ0v) is 9.89. The Labute approximate surface area is 95.3 Å². The number of thioether (sulfide) groups is 1. The minimum Gasteiger partial charge on any atom is -0.396 e. The monoisotopic (exact) mass is 226 g/mol. The number of nitrogens with one attached hydrogen (secondary N) is 1. The van der Waals surface area contributed by atoms with Gasteiger partial charge in [-0.3, -0.25) is 4.98 Å². The van der Waals surface area contributed by atoms with Gasteiger partial charge in [0.25, 0.3) is 0 Å². The molecule has 0 spiro atoms. The van der Waals surface area contributed by atoms with Crippen LogP contribution in [0.4, 0.5) is 5.69 Å². The van der Waals surface area contributed by atoms with Crippen LogP contribution in [0.2, 0.25) is 0 Å². The fourth-order valence-electron chi connectivity index (χ4n) is 1.19. The van der Waals surface area contributed by atoms with E-state index in [-0.39, 0.29) is 0 Å². The fraction of sp³-hybridized carbons (Fsp3) is 0.545. The summed E-state index contributed by atoms with van der Waals surface area (Å²) < 4.78 is 0. The lowest BCUT2D eigenvalue weighted by Gasteiger charge is -2.06. The molecule has 0 atom stereocenters. The molecule has 0 amide bonds. The van der Waals surface area contributed by atoms with Gasteiger partial charge in [-0.1, -0.05) is 0 Å². The van der Waals surface area contributed by atoms with E-state index in [1.807, 2.05) is 37.0 Å². The summed E-state index contributed by atoms with van der Waals surface area (Å²) in [5.74, 6) is 2.11. The minimum atomic E-state index is 0.296. The molecule has 0 aromatic carbocycles. The number of rotatable bonds is 7. The molecule has 15 heavy (non-hydrogen) atoms. The fourth-order valence-corrected chi connectivity index (χ4v) is 1.98. The first-order valence-corrected chi connectivity index (χ1v) is 6.33. The maximum Gasteiger partial charge on any atom is 0.0438 e. The quantitative estimate of drug-likeness (QED) is 0.697. The SMILES string of the molecule is Cc1cc(NCCSCCCO)ccn1. The molecule has 84 valence electrons. The van der Waals surface area contributed by atoms with Crippen molar-refractivity contribution in [3.63, 3.8) is 0 Å². The molecule has 1 aromatic rings. The van der Waals surface area contributed by atoms with E-state index in [2.05, 4.69) is 10.3 Å². The predicted octanol–water partition coefficient (Wildman–Crippen LogP) is 1.92. The second-order valence-electron chi connectivity index (χ2n) is 3.30. The Hall–Kier alpha value is -0.740. The summed E-state index contributed by atoms with van der Waals surface area (Å²) in [5.41, 5.74) is 2.16. The van der Waals surface area contributed by atoms with Crippen molar-refractivity contribution < 1.29 is 5.11 Å². The van der Waals surface area contributed by atoms with Crippen molar-refractivity contribution in [2.45, 2.75) is 13.3 Å². The average molecular weight is 226 g/mol. The van der Waals surface area contributed by atoms with Gasteiger partial charge < -0.3 is 10.4 Å². The molecule has 3 nitrogen and oxygen atoms in total. The number of anilines is 1. The van der Waals surface area contributed by atoms with Gasteiger partial charge in [0, 0.05) is 36.5 Å². The number of nitrogens with zero attached hydrogens (tertiary/aromatic N) is 1. The van der Waals surface area contributed by atoms with Gasteiger partial charge in [-0.2, -0.15) is 11.8 Å². The molecule has 2 N–H and O–H groups in total. The zero-order chi connectivity index (χ0) is 10.9. The second-order valence-corrected chi connectivity index (χ2v) is 4.53. The highest BCUT2D eigenvalue weighted by Gasteiger charge is 1.93. The smallest absolute Gasteiger partial charge is 0.0438 e. The van der Waals surface area contributed by atoms with E-state index >= 15 is 0 Å². The molecular formula is C11H18N2OS. The van der Waals surface area contributed by atoms with Crippen LogP contribution in [-0.2, 0) is 0 Å². The van der Waals surface area contributed by atoms with Crippen molar-refractivity contribution in [2.24, 2.45) is 0 Å². The van der Waals surface area contributed by atoms with Crippen LogP contribution in [0.1, 0.15) is 12.1 Å². The van der Waals surface area contributed by atoms with Gasteiger partial charge in [0.2, 0.25) is 0 Å². The van der Waals surface area contributed by atoms with Gasteiger partial charge in [0.15, 0.2) is 0 Å². The highest BCUT2D eigenvalue weighted by molar-refractivity contribution is 7.99. The maximum absolute atomic E-state index is 8.60. The van der Waals surface area contributed by atoms with Crippen molar-refractivity contribution in [3.8, 4) is 0 Å². The van der Waals surface area contributed by atoms with E-state index in [4.69, 9.17) is 5.11 Å². The molecule has 0 aliphatic carbocycles. The molecule has 0 bridgehead atoms. The third-order valence-corrected chi connectivity index (χ3v) is 2.99. The summed E-state index contributed by atoms with van der Waals surface area (Å²) in [5, 5.41) is 11.9. The van der Waals surface area contributed by atoms with Gasteiger partial charge in [0.1, 0.15) is 0 Å². The lowest BCUT2D eigenvalue weighted by Crippen LogP contribution is -2.05. The first kappa shape index (κ1) is 12.3. The number of hydrogen-bond donors (Lipinski definition) is 2. The normalized spacial score (nSPS) is 10.3. The van der Waals surface area contributed by atoms with Gasteiger partial charge >= 0.3 is 0 Å². The topological polar surface area (TPSA) is 45.1 Å². The van der Waals surface area contributed by atoms with Gasteiger partial charge in [0.05, 0.1) is 0 Å². The Bertz CT molecular complexity index is 281. The lowest BCUT2D eigenvalue weighted by molar-refractivity contribution is 0.296. The first-order chi connectivity index (χ1) is 7.33. The Morgan fingerprint density at radius 2 is 2.33 bits per heavy atom. The number of pyridine rings is 1. The molecule has 0 aliphatic rings. The predicted molar refractivity (Wildman–Crippen MR) is 66.5 cm³/mol. The van der Waals surface area contributed by atoms with E-state index in [9.17, 15) is 0 Å². The summed E-state index contributed by atoms with van der Waals surface area (Å²) in [7, 11) is 0. The Morgan fingerprint density at radius 1 is 1.47 bits per heavy atom. The molecule has 4 heteroatoms. The highest BCUT2D eigenvalue weighted by Crippen LogP contribution is 2.07. The summed E-state index contributed by atoms with van der Waals surface area (Å²) >= 11 is 1.86. The first-order valence-electron chi connectivity index (χ1n) is 5.18. The van der Waals surface area contributed by atoms with Crippen molar-refractivity contribution >= 4 is 17.4 Å². The third-order valence-electron chi connectivity index (χ3n) is 1.92. The Kier molecular flexibility index (Phi) is 6.20. The number of aliphatic hydroxyl groups excluding tert-OH is 1. The van der Waals surface area contributed by atoms with Crippen LogP contribution in [0.5, 0.6) is 0 Å². The molecule has 0 fully saturated rings. The number of aliphatic hydroxyl groups is 1. The van der Waals surface area contributed by atoms with Crippen molar-refractivity contribution in [1.82, 2.24) is 4.98 Å². The standard InChI is InChI=1S/C11H18N2OS/c1-10-9-11(3-4-12-10)13-5-8-15-7-2-6-14/h3-4,9,14H,2,5-8H2,1H3,(H,12,13). The van der Waals surface area contributed by atoms with E-state index in [0.29, 0.717) is 6.61 Å². The molecular weight excluding hydrogens is 208 g/mol. The van der Waals surface area contributed by atoms with Gasteiger partial charge in [-0.05, 0) is 31.2 Å². The molecule has 1 heterocycles. The lowest BCUT2D eigenvalue weighted by atomic mass is 10.3. The van der Waals surface area contributed by atoms with Gasteiger partial charge in [-0.25, -0.2) is 0 Å². The van der Waals surface area contributed by atoms with Crippen molar-refractivity contribution in [3.05, 3.63) is 24.0 Å². The zero-order valence-electron chi connectivity index (χ0n) is 9.07. The van der Waals surface area contributed by atoms with E-state index in [1.54, 1.807) is 0 Å². The molecule has 0 unspecified atom stereocenters. The maximum atomic E-state index is 8.60. The highest BCUT2D eigenvalue weighted by atomic mass is 32.2. The number of aryl methyl sites for hydroxylation is 1. The largest absolute Gasteiger partial charge is 0.396 e. The number of aromatic nitrogens is 1. The van der Waals surface area contributed by atoms with Crippen LogP contribution in [0.3, 0.4) is 0 Å². The van der Waals surface area contributed by atoms with Crippen LogP contribution >= 0.6 is 11.8 Å². The second kappa shape index (κ2) is 7.54. The Balaban J connectivity index is 2.10. The van der Waals surface area contributed by atoms with Crippen LogP contribution in [0.15, 0.2) is 18.3 Å². The summed E-state index contributed by atoms with van der Waals surface area (Å²) in [6.45, 7) is 3.24. The summed E-state index contributed by atoms with van der Waals surface area (Å²) in [6.07, 6.45) is 2.70. The molecule has 0 saturated heterocycles. The molecule has 0 saturated carbocycles. The molecule has 0 radical (unpaired) electrons. The van der Waals surface area contributed by atoms with Crippen LogP contribution in [0, 0.1) is 6.92 Å². The van der Waals surface area contributed by atoms with Gasteiger partial charge in [-0.15, -0.1) is 0 Å². The molecule has 1 rings (SSSR count). The molecule has 1 aromatic heterocycles.